The Morgan fingerprint density at radius 2 is 1.84 bits per heavy atom. The van der Waals surface area contributed by atoms with E-state index in [1.165, 1.54) is 6.20 Å². The summed E-state index contributed by atoms with van der Waals surface area (Å²) in [6.07, 6.45) is 1.39. The van der Waals surface area contributed by atoms with Crippen LogP contribution in [-0.4, -0.2) is 30.6 Å². The summed E-state index contributed by atoms with van der Waals surface area (Å²) in [4.78, 5) is 10.1. The zero-order chi connectivity index (χ0) is 22.4. The van der Waals surface area contributed by atoms with Crippen molar-refractivity contribution in [2.75, 3.05) is 0 Å². The molecule has 1 aliphatic heterocycles. The Morgan fingerprint density at radius 3 is 2.56 bits per heavy atom. The zero-order valence-corrected chi connectivity index (χ0v) is 19.2. The van der Waals surface area contributed by atoms with E-state index in [-0.39, 0.29) is 11.8 Å². The summed E-state index contributed by atoms with van der Waals surface area (Å²) in [5, 5.41) is 19.8. The summed E-state index contributed by atoms with van der Waals surface area (Å²) in [6, 6.07) is 10.8. The second-order valence-corrected chi connectivity index (χ2v) is 8.92. The van der Waals surface area contributed by atoms with Gasteiger partial charge in [0.05, 0.1) is 16.8 Å². The molecule has 5 rings (SSSR count). The van der Waals surface area contributed by atoms with E-state index >= 15 is 0 Å². The minimum absolute atomic E-state index is 0.114. The Kier molecular flexibility index (Phi) is 5.04. The van der Waals surface area contributed by atoms with Gasteiger partial charge < -0.3 is 5.11 Å². The van der Waals surface area contributed by atoms with E-state index < -0.39 is 0 Å². The number of benzene rings is 1. The molecule has 0 bridgehead atoms. The van der Waals surface area contributed by atoms with Crippen molar-refractivity contribution < 1.29 is 5.11 Å². The van der Waals surface area contributed by atoms with E-state index in [1.807, 2.05) is 38.1 Å². The first-order valence-electron chi connectivity index (χ1n) is 9.99. The molecule has 1 aromatic carbocycles. The first kappa shape index (κ1) is 20.4. The largest absolute Gasteiger partial charge is 0.506 e. The van der Waals surface area contributed by atoms with Crippen molar-refractivity contribution in [1.29, 1.82) is 0 Å². The molecule has 0 saturated heterocycles. The molecule has 6 nitrogen and oxygen atoms in total. The number of thiophene rings is 1. The van der Waals surface area contributed by atoms with Crippen molar-refractivity contribution in [3.63, 3.8) is 0 Å². The van der Waals surface area contributed by atoms with Crippen LogP contribution in [0.4, 0.5) is 0 Å². The second-order valence-electron chi connectivity index (χ2n) is 7.49. The number of pyridine rings is 1. The Morgan fingerprint density at radius 1 is 1.06 bits per heavy atom. The van der Waals surface area contributed by atoms with Crippen molar-refractivity contribution in [2.24, 2.45) is 4.99 Å². The molecule has 1 aliphatic rings. The molecule has 32 heavy (non-hydrogen) atoms. The number of aryl methyl sites for hydroxylation is 1. The number of aliphatic imine (C=N–C) groups is 1. The maximum Gasteiger partial charge on any atom is 0.162 e. The first-order valence-corrected chi connectivity index (χ1v) is 11.2. The molecular formula is C24H18ClN5OS. The molecule has 0 unspecified atom stereocenters. The Balaban J connectivity index is 1.72. The molecule has 0 aliphatic carbocycles. The van der Waals surface area contributed by atoms with Gasteiger partial charge in [0, 0.05) is 16.1 Å². The van der Waals surface area contributed by atoms with Crippen molar-refractivity contribution in [1.82, 2.24) is 19.7 Å². The van der Waals surface area contributed by atoms with Gasteiger partial charge in [0.1, 0.15) is 28.3 Å². The summed E-state index contributed by atoms with van der Waals surface area (Å²) in [5.74, 6) is 8.07. The molecule has 4 aromatic rings. The standard InChI is InChI=1S/C24H18ClN5OS/c1-13-20(11-9-18-8-10-19(31)12-26-18)32-24-21(13)22(16-4-6-17(25)7-5-16)27-14(2)23-29-28-15(3)30(23)24/h4-8,10,12,14,31H,1-3H3/t14-/m0/s1. The number of aromatic nitrogens is 4. The monoisotopic (exact) mass is 459 g/mol. The zero-order valence-electron chi connectivity index (χ0n) is 17.6. The average Bonchev–Trinajstić information content (AvgIpc) is 3.28. The minimum Gasteiger partial charge on any atom is -0.506 e. The third-order valence-corrected chi connectivity index (χ3v) is 6.73. The molecule has 0 radical (unpaired) electrons. The van der Waals surface area contributed by atoms with E-state index in [9.17, 15) is 5.11 Å². The Hall–Kier alpha value is -3.47. The lowest BCUT2D eigenvalue weighted by Crippen LogP contribution is -2.07. The van der Waals surface area contributed by atoms with Crippen molar-refractivity contribution >= 4 is 28.6 Å². The van der Waals surface area contributed by atoms with Crippen molar-refractivity contribution in [3.8, 4) is 22.6 Å². The highest BCUT2D eigenvalue weighted by Crippen LogP contribution is 2.38. The summed E-state index contributed by atoms with van der Waals surface area (Å²) in [7, 11) is 0. The molecule has 1 N–H and O–H groups in total. The number of fused-ring (bicyclic) bond motifs is 3. The van der Waals surface area contributed by atoms with E-state index in [1.54, 1.807) is 23.5 Å². The highest BCUT2D eigenvalue weighted by Gasteiger charge is 2.29. The lowest BCUT2D eigenvalue weighted by atomic mass is 9.99. The predicted molar refractivity (Wildman–Crippen MR) is 126 cm³/mol. The number of halogens is 1. The molecule has 0 saturated carbocycles. The fourth-order valence-corrected chi connectivity index (χ4v) is 5.02. The highest BCUT2D eigenvalue weighted by atomic mass is 35.5. The molecule has 0 fully saturated rings. The molecule has 1 atom stereocenters. The van der Waals surface area contributed by atoms with Gasteiger partial charge in [-0.3, -0.25) is 9.56 Å². The summed E-state index contributed by atoms with van der Waals surface area (Å²) < 4.78 is 2.08. The topological polar surface area (TPSA) is 76.2 Å². The molecule has 0 spiro atoms. The third kappa shape index (κ3) is 3.48. The summed E-state index contributed by atoms with van der Waals surface area (Å²) in [6.45, 7) is 6.03. The van der Waals surface area contributed by atoms with Crippen LogP contribution in [0.2, 0.25) is 5.02 Å². The van der Waals surface area contributed by atoms with Crippen LogP contribution < -0.4 is 0 Å². The molecule has 4 heterocycles. The number of rotatable bonds is 1. The maximum atomic E-state index is 9.45. The Labute approximate surface area is 194 Å². The van der Waals surface area contributed by atoms with Gasteiger partial charge in [-0.1, -0.05) is 23.7 Å². The van der Waals surface area contributed by atoms with Crippen molar-refractivity contribution in [3.05, 3.63) is 86.5 Å². The average molecular weight is 460 g/mol. The van der Waals surface area contributed by atoms with Crippen LogP contribution in [0.25, 0.3) is 5.00 Å². The molecule has 3 aromatic heterocycles. The van der Waals surface area contributed by atoms with Crippen LogP contribution in [0, 0.1) is 25.7 Å². The summed E-state index contributed by atoms with van der Waals surface area (Å²) >= 11 is 7.72. The first-order chi connectivity index (χ1) is 15.4. The normalized spacial score (nSPS) is 14.6. The van der Waals surface area contributed by atoms with Crippen LogP contribution in [0.1, 0.15) is 51.9 Å². The van der Waals surface area contributed by atoms with Gasteiger partial charge >= 0.3 is 0 Å². The highest BCUT2D eigenvalue weighted by molar-refractivity contribution is 7.15. The Bertz CT molecular complexity index is 1420. The maximum absolute atomic E-state index is 9.45. The lowest BCUT2D eigenvalue weighted by molar-refractivity contribution is 0.472. The number of hydrogen-bond donors (Lipinski definition) is 1. The lowest BCUT2D eigenvalue weighted by Gasteiger charge is -2.09. The van der Waals surface area contributed by atoms with Gasteiger partial charge in [-0.2, -0.15) is 0 Å². The van der Waals surface area contributed by atoms with Crippen molar-refractivity contribution in [2.45, 2.75) is 26.8 Å². The van der Waals surface area contributed by atoms with Gasteiger partial charge in [0.2, 0.25) is 0 Å². The predicted octanol–water partition coefficient (Wildman–Crippen LogP) is 5.01. The minimum atomic E-state index is -0.156. The fraction of sp³-hybridized carbons (Fsp3) is 0.167. The number of aromatic hydroxyl groups is 1. The van der Waals surface area contributed by atoms with Gasteiger partial charge in [0.15, 0.2) is 5.82 Å². The van der Waals surface area contributed by atoms with Crippen LogP contribution in [0.5, 0.6) is 5.75 Å². The summed E-state index contributed by atoms with van der Waals surface area (Å²) in [5.41, 5.74) is 4.53. The number of nitrogens with zero attached hydrogens (tertiary/aromatic N) is 5. The van der Waals surface area contributed by atoms with Gasteiger partial charge in [-0.15, -0.1) is 21.5 Å². The van der Waals surface area contributed by atoms with Gasteiger partial charge in [0.25, 0.3) is 0 Å². The molecule has 0 amide bonds. The van der Waals surface area contributed by atoms with E-state index in [0.717, 1.165) is 43.9 Å². The van der Waals surface area contributed by atoms with E-state index in [0.29, 0.717) is 10.7 Å². The van der Waals surface area contributed by atoms with E-state index in [4.69, 9.17) is 16.6 Å². The van der Waals surface area contributed by atoms with E-state index in [2.05, 4.69) is 38.5 Å². The van der Waals surface area contributed by atoms with Gasteiger partial charge in [-0.05, 0) is 62.4 Å². The SMILES string of the molecule is Cc1c(C#Cc2ccc(O)cn2)sc2c1C(c1ccc(Cl)cc1)=N[C@@H](C)c1nnc(C)n1-2. The smallest absolute Gasteiger partial charge is 0.162 e. The molecular weight excluding hydrogens is 442 g/mol. The molecule has 158 valence electrons. The van der Waals surface area contributed by atoms with Gasteiger partial charge in [-0.25, -0.2) is 4.98 Å². The fourth-order valence-electron chi connectivity index (χ4n) is 3.68. The van der Waals surface area contributed by atoms with Crippen LogP contribution in [-0.2, 0) is 0 Å². The quantitative estimate of drug-likeness (QED) is 0.406. The third-order valence-electron chi connectivity index (χ3n) is 5.28. The second kappa shape index (κ2) is 7.90. The van der Waals surface area contributed by atoms with Crippen LogP contribution in [0.15, 0.2) is 47.6 Å². The molecule has 8 heteroatoms. The number of hydrogen-bond acceptors (Lipinski definition) is 6. The van der Waals surface area contributed by atoms with Crippen LogP contribution >= 0.6 is 22.9 Å². The van der Waals surface area contributed by atoms with Crippen LogP contribution in [0.3, 0.4) is 0 Å².